The number of fused-ring (bicyclic) bond motifs is 1. The van der Waals surface area contributed by atoms with Crippen molar-refractivity contribution in [1.82, 2.24) is 9.38 Å². The molecule has 0 unspecified atom stereocenters. The second kappa shape index (κ2) is 5.33. The summed E-state index contributed by atoms with van der Waals surface area (Å²) < 4.78 is 1.78. The van der Waals surface area contributed by atoms with Gasteiger partial charge >= 0.3 is 0 Å². The molecule has 110 valence electrons. The number of benzene rings is 1. The molecule has 0 aliphatic carbocycles. The molecule has 0 aliphatic heterocycles. The van der Waals surface area contributed by atoms with Gasteiger partial charge in [0.05, 0.1) is 22.5 Å². The summed E-state index contributed by atoms with van der Waals surface area (Å²) in [5, 5.41) is 2.72. The Hall–Kier alpha value is -3.15. The highest BCUT2D eigenvalue weighted by molar-refractivity contribution is 6.11. The van der Waals surface area contributed by atoms with Crippen molar-refractivity contribution in [3.8, 4) is 0 Å². The van der Waals surface area contributed by atoms with Crippen LogP contribution >= 0.6 is 0 Å². The lowest BCUT2D eigenvalue weighted by Gasteiger charge is -2.09. The van der Waals surface area contributed by atoms with Crippen LogP contribution in [0.2, 0.25) is 0 Å². The van der Waals surface area contributed by atoms with Crippen LogP contribution in [-0.2, 0) is 0 Å². The van der Waals surface area contributed by atoms with Gasteiger partial charge in [-0.25, -0.2) is 4.98 Å². The van der Waals surface area contributed by atoms with E-state index in [1.165, 1.54) is 0 Å². The number of para-hydroxylation sites is 1. The highest BCUT2D eigenvalue weighted by Gasteiger charge is 2.15. The molecule has 0 aliphatic rings. The van der Waals surface area contributed by atoms with Crippen LogP contribution in [0, 0.1) is 6.92 Å². The highest BCUT2D eigenvalue weighted by Crippen LogP contribution is 2.17. The van der Waals surface area contributed by atoms with Crippen molar-refractivity contribution in [2.75, 3.05) is 5.32 Å². The number of primary amides is 1. The molecule has 0 bridgehead atoms. The Morgan fingerprint density at radius 2 is 1.86 bits per heavy atom. The zero-order valence-electron chi connectivity index (χ0n) is 11.9. The number of aryl methyl sites for hydroxylation is 1. The maximum atomic E-state index is 12.5. The van der Waals surface area contributed by atoms with Crippen LogP contribution in [0.25, 0.3) is 5.65 Å². The first kappa shape index (κ1) is 13.8. The zero-order chi connectivity index (χ0) is 15.7. The largest absolute Gasteiger partial charge is 0.366 e. The van der Waals surface area contributed by atoms with E-state index in [0.717, 1.165) is 5.69 Å². The quantitative estimate of drug-likeness (QED) is 0.774. The Morgan fingerprint density at radius 1 is 1.14 bits per heavy atom. The molecule has 6 heteroatoms. The smallest absolute Gasteiger partial charge is 0.259 e. The minimum atomic E-state index is -0.592. The standard InChI is InChI=1S/C16H14N4O2/c1-10-9-20-8-4-6-12(15(20)18-10)16(22)19-13-7-3-2-5-11(13)14(17)21/h2-9H,1H3,(H2,17,21)(H,19,22). The average molecular weight is 294 g/mol. The lowest BCUT2D eigenvalue weighted by atomic mass is 10.1. The normalized spacial score (nSPS) is 10.6. The molecule has 0 spiro atoms. The Labute approximate surface area is 126 Å². The Kier molecular flexibility index (Phi) is 3.34. The number of hydrogen-bond acceptors (Lipinski definition) is 3. The summed E-state index contributed by atoms with van der Waals surface area (Å²) in [6.45, 7) is 1.86. The summed E-state index contributed by atoms with van der Waals surface area (Å²) in [4.78, 5) is 28.2. The number of anilines is 1. The topological polar surface area (TPSA) is 89.5 Å². The number of pyridine rings is 1. The molecule has 3 aromatic rings. The number of nitrogens with one attached hydrogen (secondary N) is 1. The van der Waals surface area contributed by atoms with Crippen molar-refractivity contribution in [1.29, 1.82) is 0 Å². The third-order valence-corrected chi connectivity index (χ3v) is 3.29. The van der Waals surface area contributed by atoms with Gasteiger partial charge in [-0.15, -0.1) is 0 Å². The van der Waals surface area contributed by atoms with Gasteiger partial charge in [0.2, 0.25) is 0 Å². The van der Waals surface area contributed by atoms with Gasteiger partial charge in [0.15, 0.2) is 0 Å². The summed E-state index contributed by atoms with van der Waals surface area (Å²) in [5.74, 6) is -0.935. The van der Waals surface area contributed by atoms with E-state index in [4.69, 9.17) is 5.73 Å². The third-order valence-electron chi connectivity index (χ3n) is 3.29. The number of rotatable bonds is 3. The fourth-order valence-corrected chi connectivity index (χ4v) is 2.31. The van der Waals surface area contributed by atoms with E-state index in [1.807, 2.05) is 19.3 Å². The molecule has 0 saturated heterocycles. The minimum Gasteiger partial charge on any atom is -0.366 e. The molecular weight excluding hydrogens is 280 g/mol. The SMILES string of the molecule is Cc1cn2cccc(C(=O)Nc3ccccc3C(N)=O)c2n1. The van der Waals surface area contributed by atoms with Crippen LogP contribution in [0.3, 0.4) is 0 Å². The van der Waals surface area contributed by atoms with Crippen LogP contribution in [0.15, 0.2) is 48.8 Å². The first-order valence-electron chi connectivity index (χ1n) is 6.71. The molecule has 6 nitrogen and oxygen atoms in total. The Balaban J connectivity index is 1.99. The number of hydrogen-bond donors (Lipinski definition) is 2. The minimum absolute atomic E-state index is 0.266. The van der Waals surface area contributed by atoms with E-state index in [1.54, 1.807) is 40.8 Å². The van der Waals surface area contributed by atoms with E-state index in [2.05, 4.69) is 10.3 Å². The maximum Gasteiger partial charge on any atom is 0.259 e. The van der Waals surface area contributed by atoms with Crippen molar-refractivity contribution in [3.63, 3.8) is 0 Å². The lowest BCUT2D eigenvalue weighted by Crippen LogP contribution is -2.18. The van der Waals surface area contributed by atoms with Crippen molar-refractivity contribution in [3.05, 3.63) is 65.6 Å². The third kappa shape index (κ3) is 2.42. The zero-order valence-corrected chi connectivity index (χ0v) is 11.9. The van der Waals surface area contributed by atoms with Gasteiger partial charge in [-0.1, -0.05) is 12.1 Å². The number of imidazole rings is 1. The number of carbonyl (C=O) groups is 2. The highest BCUT2D eigenvalue weighted by atomic mass is 16.2. The summed E-state index contributed by atoms with van der Waals surface area (Å²) in [7, 11) is 0. The van der Waals surface area contributed by atoms with Crippen LogP contribution in [0.4, 0.5) is 5.69 Å². The lowest BCUT2D eigenvalue weighted by molar-refractivity contribution is 0.100. The first-order chi connectivity index (χ1) is 10.6. The van der Waals surface area contributed by atoms with E-state index >= 15 is 0 Å². The van der Waals surface area contributed by atoms with E-state index in [0.29, 0.717) is 16.9 Å². The molecule has 2 heterocycles. The molecule has 1 aromatic carbocycles. The fourth-order valence-electron chi connectivity index (χ4n) is 2.31. The van der Waals surface area contributed by atoms with Gasteiger partial charge < -0.3 is 15.5 Å². The number of amides is 2. The van der Waals surface area contributed by atoms with Crippen molar-refractivity contribution < 1.29 is 9.59 Å². The second-order valence-corrected chi connectivity index (χ2v) is 4.90. The molecule has 0 fully saturated rings. The number of nitrogens with zero attached hydrogens (tertiary/aromatic N) is 2. The van der Waals surface area contributed by atoms with Crippen LogP contribution < -0.4 is 11.1 Å². The van der Waals surface area contributed by atoms with Crippen LogP contribution in [0.1, 0.15) is 26.4 Å². The van der Waals surface area contributed by atoms with Gasteiger partial charge in [-0.2, -0.15) is 0 Å². The summed E-state index contributed by atoms with van der Waals surface area (Å²) in [5.41, 5.74) is 7.77. The molecule has 0 atom stereocenters. The molecule has 3 rings (SSSR count). The maximum absolute atomic E-state index is 12.5. The average Bonchev–Trinajstić information content (AvgIpc) is 2.87. The molecule has 0 radical (unpaired) electrons. The predicted molar refractivity (Wildman–Crippen MR) is 82.8 cm³/mol. The second-order valence-electron chi connectivity index (χ2n) is 4.90. The number of aromatic nitrogens is 2. The molecule has 22 heavy (non-hydrogen) atoms. The number of carbonyl (C=O) groups excluding carboxylic acids is 2. The molecule has 2 amide bonds. The van der Waals surface area contributed by atoms with Gasteiger partial charge in [0.25, 0.3) is 11.8 Å². The van der Waals surface area contributed by atoms with Crippen LogP contribution in [0.5, 0.6) is 0 Å². The van der Waals surface area contributed by atoms with Gasteiger partial charge in [-0.3, -0.25) is 9.59 Å². The van der Waals surface area contributed by atoms with Crippen molar-refractivity contribution in [2.24, 2.45) is 5.73 Å². The number of nitrogens with two attached hydrogens (primary N) is 1. The summed E-state index contributed by atoms with van der Waals surface area (Å²) >= 11 is 0. The van der Waals surface area contributed by atoms with E-state index < -0.39 is 5.91 Å². The van der Waals surface area contributed by atoms with Crippen molar-refractivity contribution >= 4 is 23.1 Å². The van der Waals surface area contributed by atoms with Crippen LogP contribution in [-0.4, -0.2) is 21.2 Å². The van der Waals surface area contributed by atoms with E-state index in [-0.39, 0.29) is 11.5 Å². The predicted octanol–water partition coefficient (Wildman–Crippen LogP) is 1.99. The molecular formula is C16H14N4O2. The van der Waals surface area contributed by atoms with E-state index in [9.17, 15) is 9.59 Å². The Morgan fingerprint density at radius 3 is 2.64 bits per heavy atom. The molecule has 0 saturated carbocycles. The fraction of sp³-hybridized carbons (Fsp3) is 0.0625. The summed E-state index contributed by atoms with van der Waals surface area (Å²) in [6.07, 6.45) is 3.66. The Bertz CT molecular complexity index is 883. The van der Waals surface area contributed by atoms with Gasteiger partial charge in [0, 0.05) is 12.4 Å². The summed E-state index contributed by atoms with van der Waals surface area (Å²) in [6, 6.07) is 10.1. The van der Waals surface area contributed by atoms with Gasteiger partial charge in [0.1, 0.15) is 5.65 Å². The first-order valence-corrected chi connectivity index (χ1v) is 6.71. The van der Waals surface area contributed by atoms with Crippen molar-refractivity contribution in [2.45, 2.75) is 6.92 Å². The molecule has 2 aromatic heterocycles. The monoisotopic (exact) mass is 294 g/mol. The van der Waals surface area contributed by atoms with Gasteiger partial charge in [-0.05, 0) is 31.2 Å². The molecule has 3 N–H and O–H groups in total.